The van der Waals surface area contributed by atoms with Crippen LogP contribution in [0.15, 0.2) is 54.6 Å². The second-order valence-corrected chi connectivity index (χ2v) is 6.24. The zero-order chi connectivity index (χ0) is 16.5. The Morgan fingerprint density at radius 1 is 1.04 bits per heavy atom. The van der Waals surface area contributed by atoms with Gasteiger partial charge in [-0.1, -0.05) is 38.1 Å². The van der Waals surface area contributed by atoms with Crippen LogP contribution < -0.4 is 15.0 Å². The maximum absolute atomic E-state index is 5.80. The van der Waals surface area contributed by atoms with Crippen molar-refractivity contribution in [2.75, 3.05) is 37.0 Å². The van der Waals surface area contributed by atoms with E-state index in [1.165, 1.54) is 5.69 Å². The van der Waals surface area contributed by atoms with Crippen molar-refractivity contribution in [3.05, 3.63) is 54.6 Å². The topological polar surface area (TPSA) is 24.5 Å². The van der Waals surface area contributed by atoms with Gasteiger partial charge in [0.25, 0.3) is 0 Å². The van der Waals surface area contributed by atoms with E-state index < -0.39 is 0 Å². The number of hydrogen-bond donors (Lipinski definition) is 1. The molecule has 0 radical (unpaired) electrons. The van der Waals surface area contributed by atoms with Gasteiger partial charge in [0, 0.05) is 37.6 Å². The first-order valence-electron chi connectivity index (χ1n) is 8.38. The molecule has 2 aromatic rings. The lowest BCUT2D eigenvalue weighted by Crippen LogP contribution is -2.24. The normalized spacial score (nSPS) is 10.6. The predicted octanol–water partition coefficient (Wildman–Crippen LogP) is 4.66. The number of anilines is 2. The van der Waals surface area contributed by atoms with Crippen LogP contribution >= 0.6 is 0 Å². The summed E-state index contributed by atoms with van der Waals surface area (Å²) in [6.07, 6.45) is 1.08. The highest BCUT2D eigenvalue weighted by atomic mass is 16.5. The fraction of sp³-hybridized carbons (Fsp3) is 0.400. The molecule has 2 rings (SSSR count). The molecular formula is C20H28N2O. The van der Waals surface area contributed by atoms with E-state index in [-0.39, 0.29) is 0 Å². The summed E-state index contributed by atoms with van der Waals surface area (Å²) in [6.45, 7) is 7.04. The molecule has 0 heterocycles. The lowest BCUT2D eigenvalue weighted by molar-refractivity contribution is 0.289. The summed E-state index contributed by atoms with van der Waals surface area (Å²) in [5.74, 6) is 1.61. The molecule has 0 saturated heterocycles. The molecule has 0 aliphatic rings. The smallest absolute Gasteiger partial charge is 0.121 e. The van der Waals surface area contributed by atoms with Crippen LogP contribution in [0.1, 0.15) is 20.3 Å². The number of nitrogens with zero attached hydrogens (tertiary/aromatic N) is 1. The Balaban J connectivity index is 1.77. The second-order valence-electron chi connectivity index (χ2n) is 6.24. The highest BCUT2D eigenvalue weighted by molar-refractivity contribution is 5.49. The Bertz CT molecular complexity index is 569. The van der Waals surface area contributed by atoms with Crippen LogP contribution in [0, 0.1) is 5.92 Å². The average molecular weight is 312 g/mol. The molecule has 0 bridgehead atoms. The van der Waals surface area contributed by atoms with Gasteiger partial charge < -0.3 is 15.0 Å². The molecule has 0 atom stereocenters. The highest BCUT2D eigenvalue weighted by Gasteiger charge is 2.01. The van der Waals surface area contributed by atoms with Crippen molar-refractivity contribution in [2.24, 2.45) is 5.92 Å². The van der Waals surface area contributed by atoms with Crippen molar-refractivity contribution >= 4 is 11.4 Å². The van der Waals surface area contributed by atoms with Gasteiger partial charge in [-0.2, -0.15) is 0 Å². The number of nitrogens with one attached hydrogen (secondary N) is 1. The summed E-state index contributed by atoms with van der Waals surface area (Å²) in [5, 5.41) is 3.46. The summed E-state index contributed by atoms with van der Waals surface area (Å²) in [7, 11) is 2.11. The van der Waals surface area contributed by atoms with Gasteiger partial charge in [0.05, 0.1) is 6.61 Å². The Morgan fingerprint density at radius 3 is 2.57 bits per heavy atom. The highest BCUT2D eigenvalue weighted by Crippen LogP contribution is 2.18. The number of benzene rings is 2. The fourth-order valence-electron chi connectivity index (χ4n) is 2.29. The lowest BCUT2D eigenvalue weighted by Gasteiger charge is -2.20. The minimum Gasteiger partial charge on any atom is -0.494 e. The van der Waals surface area contributed by atoms with Gasteiger partial charge in [-0.05, 0) is 36.6 Å². The molecule has 0 saturated carbocycles. The van der Waals surface area contributed by atoms with E-state index in [9.17, 15) is 0 Å². The number of para-hydroxylation sites is 1. The van der Waals surface area contributed by atoms with Gasteiger partial charge >= 0.3 is 0 Å². The van der Waals surface area contributed by atoms with E-state index in [1.807, 2.05) is 18.2 Å². The molecule has 0 fully saturated rings. The second kappa shape index (κ2) is 9.09. The minimum absolute atomic E-state index is 0.671. The number of rotatable bonds is 9. The van der Waals surface area contributed by atoms with E-state index in [2.05, 4.69) is 67.5 Å². The molecule has 23 heavy (non-hydrogen) atoms. The molecule has 0 aliphatic carbocycles. The quantitative estimate of drug-likeness (QED) is 0.729. The minimum atomic E-state index is 0.671. The van der Waals surface area contributed by atoms with Gasteiger partial charge in [0.2, 0.25) is 0 Å². The van der Waals surface area contributed by atoms with Crippen LogP contribution in [0.5, 0.6) is 5.75 Å². The molecule has 124 valence electrons. The van der Waals surface area contributed by atoms with Crippen molar-refractivity contribution in [3.8, 4) is 5.75 Å². The average Bonchev–Trinajstić information content (AvgIpc) is 2.56. The van der Waals surface area contributed by atoms with Gasteiger partial charge in [-0.25, -0.2) is 0 Å². The lowest BCUT2D eigenvalue weighted by atomic mass is 10.1. The van der Waals surface area contributed by atoms with Gasteiger partial charge in [-0.15, -0.1) is 0 Å². The molecule has 3 heteroatoms. The monoisotopic (exact) mass is 312 g/mol. The van der Waals surface area contributed by atoms with Crippen LogP contribution in [-0.2, 0) is 0 Å². The molecule has 0 amide bonds. The Kier molecular flexibility index (Phi) is 6.79. The van der Waals surface area contributed by atoms with Crippen LogP contribution in [-0.4, -0.2) is 26.7 Å². The molecule has 1 N–H and O–H groups in total. The maximum Gasteiger partial charge on any atom is 0.121 e. The summed E-state index contributed by atoms with van der Waals surface area (Å²) in [4.78, 5) is 2.25. The van der Waals surface area contributed by atoms with E-state index in [1.54, 1.807) is 0 Å². The number of hydrogen-bond acceptors (Lipinski definition) is 3. The van der Waals surface area contributed by atoms with E-state index in [0.717, 1.165) is 37.6 Å². The summed E-state index contributed by atoms with van der Waals surface area (Å²) in [6, 6.07) is 18.6. The molecule has 0 aliphatic heterocycles. The Morgan fingerprint density at radius 2 is 1.83 bits per heavy atom. The number of ether oxygens (including phenoxy) is 1. The molecule has 3 nitrogen and oxygen atoms in total. The predicted molar refractivity (Wildman–Crippen MR) is 99.6 cm³/mol. The Hall–Kier alpha value is -2.16. The first-order chi connectivity index (χ1) is 11.1. The summed E-state index contributed by atoms with van der Waals surface area (Å²) < 4.78 is 5.80. The van der Waals surface area contributed by atoms with E-state index >= 15 is 0 Å². The summed E-state index contributed by atoms with van der Waals surface area (Å²) >= 11 is 0. The van der Waals surface area contributed by atoms with Crippen LogP contribution in [0.3, 0.4) is 0 Å². The van der Waals surface area contributed by atoms with Gasteiger partial charge in [0.15, 0.2) is 0 Å². The zero-order valence-electron chi connectivity index (χ0n) is 14.5. The molecule has 2 aromatic carbocycles. The standard InChI is InChI=1S/C20H28N2O/c1-17(2)12-15-23-20-11-7-8-18(16-20)21-13-14-22(3)19-9-5-4-6-10-19/h4-11,16-17,21H,12-15H2,1-3H3. The van der Waals surface area contributed by atoms with E-state index in [0.29, 0.717) is 5.92 Å². The van der Waals surface area contributed by atoms with Crippen LogP contribution in [0.4, 0.5) is 11.4 Å². The van der Waals surface area contributed by atoms with Gasteiger partial charge in [-0.3, -0.25) is 0 Å². The van der Waals surface area contributed by atoms with Crippen LogP contribution in [0.2, 0.25) is 0 Å². The fourth-order valence-corrected chi connectivity index (χ4v) is 2.29. The largest absolute Gasteiger partial charge is 0.494 e. The third-order valence-corrected chi connectivity index (χ3v) is 3.77. The van der Waals surface area contributed by atoms with Crippen molar-refractivity contribution in [3.63, 3.8) is 0 Å². The summed E-state index contributed by atoms with van der Waals surface area (Å²) in [5.41, 5.74) is 2.34. The molecule has 0 spiro atoms. The van der Waals surface area contributed by atoms with Crippen molar-refractivity contribution in [1.82, 2.24) is 0 Å². The van der Waals surface area contributed by atoms with Crippen molar-refractivity contribution in [1.29, 1.82) is 0 Å². The van der Waals surface area contributed by atoms with E-state index in [4.69, 9.17) is 4.74 Å². The first-order valence-corrected chi connectivity index (χ1v) is 8.38. The molecule has 0 unspecified atom stereocenters. The third kappa shape index (κ3) is 6.23. The van der Waals surface area contributed by atoms with Gasteiger partial charge in [0.1, 0.15) is 5.75 Å². The Labute approximate surface area is 140 Å². The molecule has 0 aromatic heterocycles. The van der Waals surface area contributed by atoms with Crippen molar-refractivity contribution in [2.45, 2.75) is 20.3 Å². The first kappa shape index (κ1) is 17.2. The number of likely N-dealkylation sites (N-methyl/N-ethyl adjacent to an activating group) is 1. The maximum atomic E-state index is 5.80. The third-order valence-electron chi connectivity index (χ3n) is 3.77. The van der Waals surface area contributed by atoms with Crippen LogP contribution in [0.25, 0.3) is 0 Å². The van der Waals surface area contributed by atoms with Crippen molar-refractivity contribution < 1.29 is 4.74 Å². The zero-order valence-corrected chi connectivity index (χ0v) is 14.5. The molecular weight excluding hydrogens is 284 g/mol. The SMILES string of the molecule is CC(C)CCOc1cccc(NCCN(C)c2ccccc2)c1.